The maximum atomic E-state index is 9.58. The van der Waals surface area contributed by atoms with Gasteiger partial charge in [-0.15, -0.1) is 0 Å². The Morgan fingerprint density at radius 1 is 1.11 bits per heavy atom. The van der Waals surface area contributed by atoms with Crippen LogP contribution in [-0.4, -0.2) is 10.1 Å². The number of hydrogen-bond donors (Lipinski definition) is 1. The van der Waals surface area contributed by atoms with E-state index in [0.717, 1.165) is 22.4 Å². The molecule has 19 heavy (non-hydrogen) atoms. The molecule has 0 spiro atoms. The lowest BCUT2D eigenvalue weighted by atomic mass is 10.1. The predicted molar refractivity (Wildman–Crippen MR) is 75.6 cm³/mol. The van der Waals surface area contributed by atoms with Crippen molar-refractivity contribution in [2.24, 2.45) is 0 Å². The van der Waals surface area contributed by atoms with Gasteiger partial charge in [-0.25, -0.2) is 4.98 Å². The van der Waals surface area contributed by atoms with Crippen molar-refractivity contribution < 1.29 is 9.84 Å². The molecular formula is C16H19NO2. The van der Waals surface area contributed by atoms with Crippen LogP contribution in [0.15, 0.2) is 30.5 Å². The van der Waals surface area contributed by atoms with E-state index in [4.69, 9.17) is 4.74 Å². The Bertz CT molecular complexity index is 591. The second-order valence-corrected chi connectivity index (χ2v) is 4.86. The van der Waals surface area contributed by atoms with E-state index in [1.165, 1.54) is 5.56 Å². The Morgan fingerprint density at radius 3 is 2.47 bits per heavy atom. The number of rotatable bonds is 3. The molecular weight excluding hydrogens is 238 g/mol. The first kappa shape index (κ1) is 13.6. The van der Waals surface area contributed by atoms with E-state index in [0.29, 0.717) is 5.88 Å². The third-order valence-electron chi connectivity index (χ3n) is 3.32. The minimum absolute atomic E-state index is 0.509. The van der Waals surface area contributed by atoms with Gasteiger partial charge in [0.15, 0.2) is 0 Å². The fraction of sp³-hybridized carbons (Fsp3) is 0.312. The molecule has 1 unspecified atom stereocenters. The number of benzene rings is 1. The summed E-state index contributed by atoms with van der Waals surface area (Å²) in [5, 5.41) is 9.58. The van der Waals surface area contributed by atoms with Crippen LogP contribution in [0.5, 0.6) is 11.6 Å². The summed E-state index contributed by atoms with van der Waals surface area (Å²) in [4.78, 5) is 4.20. The highest BCUT2D eigenvalue weighted by atomic mass is 16.5. The Kier molecular flexibility index (Phi) is 3.86. The summed E-state index contributed by atoms with van der Waals surface area (Å²) in [5.41, 5.74) is 4.18. The van der Waals surface area contributed by atoms with Crippen LogP contribution in [0.4, 0.5) is 0 Å². The largest absolute Gasteiger partial charge is 0.438 e. The number of aliphatic hydroxyl groups is 1. The molecule has 3 heteroatoms. The molecule has 1 N–H and O–H groups in total. The Labute approximate surface area is 113 Å². The van der Waals surface area contributed by atoms with Crippen molar-refractivity contribution in [3.8, 4) is 11.6 Å². The van der Waals surface area contributed by atoms with Gasteiger partial charge >= 0.3 is 0 Å². The molecule has 2 aromatic rings. The van der Waals surface area contributed by atoms with E-state index in [1.807, 2.05) is 19.9 Å². The fourth-order valence-electron chi connectivity index (χ4n) is 1.93. The lowest BCUT2D eigenvalue weighted by molar-refractivity contribution is 0.198. The third-order valence-corrected chi connectivity index (χ3v) is 3.32. The molecule has 0 bridgehead atoms. The van der Waals surface area contributed by atoms with Crippen molar-refractivity contribution in [3.05, 3.63) is 52.7 Å². The summed E-state index contributed by atoms with van der Waals surface area (Å²) in [7, 11) is 0. The molecule has 1 aromatic heterocycles. The van der Waals surface area contributed by atoms with Gasteiger partial charge in [0, 0.05) is 12.3 Å². The van der Waals surface area contributed by atoms with Crippen molar-refractivity contribution >= 4 is 0 Å². The van der Waals surface area contributed by atoms with Gasteiger partial charge in [0.25, 0.3) is 0 Å². The van der Waals surface area contributed by atoms with Gasteiger partial charge in [-0.2, -0.15) is 0 Å². The summed E-state index contributed by atoms with van der Waals surface area (Å²) in [5.74, 6) is 1.35. The van der Waals surface area contributed by atoms with E-state index in [9.17, 15) is 5.11 Å². The average Bonchev–Trinajstić information content (AvgIpc) is 2.39. The molecule has 0 radical (unpaired) electrons. The second kappa shape index (κ2) is 5.41. The molecule has 100 valence electrons. The van der Waals surface area contributed by atoms with Gasteiger partial charge in [-0.3, -0.25) is 0 Å². The van der Waals surface area contributed by atoms with Gasteiger partial charge < -0.3 is 9.84 Å². The molecule has 0 aliphatic rings. The zero-order chi connectivity index (χ0) is 14.0. The van der Waals surface area contributed by atoms with Gasteiger partial charge in [0.05, 0.1) is 6.10 Å². The average molecular weight is 257 g/mol. The SMILES string of the molecule is Cc1ccc(C)c(Oc2cc(C(C)O)ccn2)c1C. The highest BCUT2D eigenvalue weighted by molar-refractivity contribution is 5.46. The smallest absolute Gasteiger partial charge is 0.219 e. The van der Waals surface area contributed by atoms with Gasteiger partial charge in [0.2, 0.25) is 5.88 Å². The fourth-order valence-corrected chi connectivity index (χ4v) is 1.93. The first-order valence-electron chi connectivity index (χ1n) is 6.37. The topological polar surface area (TPSA) is 42.4 Å². The highest BCUT2D eigenvalue weighted by Crippen LogP contribution is 2.30. The van der Waals surface area contributed by atoms with Crippen LogP contribution in [0.3, 0.4) is 0 Å². The van der Waals surface area contributed by atoms with Crippen LogP contribution in [0.25, 0.3) is 0 Å². The van der Waals surface area contributed by atoms with Gasteiger partial charge in [-0.05, 0) is 56.0 Å². The molecule has 2 rings (SSSR count). The summed E-state index contributed by atoms with van der Waals surface area (Å²) in [6.45, 7) is 7.83. The van der Waals surface area contributed by atoms with Gasteiger partial charge in [0.1, 0.15) is 5.75 Å². The Morgan fingerprint density at radius 2 is 1.79 bits per heavy atom. The quantitative estimate of drug-likeness (QED) is 0.908. The summed E-state index contributed by atoms with van der Waals surface area (Å²) in [6, 6.07) is 7.67. The summed E-state index contributed by atoms with van der Waals surface area (Å²) < 4.78 is 5.89. The van der Waals surface area contributed by atoms with Crippen LogP contribution >= 0.6 is 0 Å². The molecule has 0 fully saturated rings. The van der Waals surface area contributed by atoms with E-state index in [-0.39, 0.29) is 0 Å². The number of aryl methyl sites for hydroxylation is 2. The monoisotopic (exact) mass is 257 g/mol. The minimum Gasteiger partial charge on any atom is -0.438 e. The molecule has 1 heterocycles. The lowest BCUT2D eigenvalue weighted by Gasteiger charge is -2.14. The van der Waals surface area contributed by atoms with Crippen LogP contribution in [0.1, 0.15) is 35.3 Å². The maximum Gasteiger partial charge on any atom is 0.219 e. The Balaban J connectivity index is 2.36. The standard InChI is InChI=1S/C16H19NO2/c1-10-5-6-11(2)16(12(10)3)19-15-9-14(13(4)18)7-8-17-15/h5-9,13,18H,1-4H3. The van der Waals surface area contributed by atoms with Crippen molar-refractivity contribution in [1.29, 1.82) is 0 Å². The summed E-state index contributed by atoms with van der Waals surface area (Å²) >= 11 is 0. The van der Waals surface area contributed by atoms with Gasteiger partial charge in [-0.1, -0.05) is 12.1 Å². The first-order chi connectivity index (χ1) is 8.99. The van der Waals surface area contributed by atoms with Crippen LogP contribution < -0.4 is 4.74 Å². The predicted octanol–water partition coefficient (Wildman–Crippen LogP) is 3.85. The van der Waals surface area contributed by atoms with Crippen molar-refractivity contribution in [2.75, 3.05) is 0 Å². The number of nitrogens with zero attached hydrogens (tertiary/aromatic N) is 1. The minimum atomic E-state index is -0.523. The molecule has 0 saturated carbocycles. The lowest BCUT2D eigenvalue weighted by Crippen LogP contribution is -1.97. The van der Waals surface area contributed by atoms with E-state index in [1.54, 1.807) is 25.3 Å². The van der Waals surface area contributed by atoms with E-state index < -0.39 is 6.10 Å². The number of pyridine rings is 1. The third kappa shape index (κ3) is 2.93. The molecule has 0 amide bonds. The number of aromatic nitrogens is 1. The Hall–Kier alpha value is -1.87. The zero-order valence-corrected chi connectivity index (χ0v) is 11.8. The normalized spacial score (nSPS) is 12.3. The molecule has 1 aromatic carbocycles. The number of aliphatic hydroxyl groups excluding tert-OH is 1. The number of ether oxygens (including phenoxy) is 1. The first-order valence-corrected chi connectivity index (χ1v) is 6.37. The van der Waals surface area contributed by atoms with Crippen LogP contribution in [0.2, 0.25) is 0 Å². The molecule has 0 aliphatic heterocycles. The molecule has 0 saturated heterocycles. The van der Waals surface area contributed by atoms with E-state index in [2.05, 4.69) is 18.0 Å². The van der Waals surface area contributed by atoms with Crippen molar-refractivity contribution in [3.63, 3.8) is 0 Å². The maximum absolute atomic E-state index is 9.58. The molecule has 3 nitrogen and oxygen atoms in total. The molecule has 1 atom stereocenters. The van der Waals surface area contributed by atoms with E-state index >= 15 is 0 Å². The van der Waals surface area contributed by atoms with Crippen LogP contribution in [-0.2, 0) is 0 Å². The van der Waals surface area contributed by atoms with Crippen molar-refractivity contribution in [1.82, 2.24) is 4.98 Å². The summed E-state index contributed by atoms with van der Waals surface area (Å²) in [6.07, 6.45) is 1.13. The second-order valence-electron chi connectivity index (χ2n) is 4.86. The van der Waals surface area contributed by atoms with Crippen LogP contribution in [0, 0.1) is 20.8 Å². The molecule has 0 aliphatic carbocycles. The van der Waals surface area contributed by atoms with Crippen molar-refractivity contribution in [2.45, 2.75) is 33.8 Å². The number of hydrogen-bond acceptors (Lipinski definition) is 3. The zero-order valence-electron chi connectivity index (χ0n) is 11.8. The highest BCUT2D eigenvalue weighted by Gasteiger charge is 2.09.